The lowest BCUT2D eigenvalue weighted by Gasteiger charge is -2.31. The first-order valence-corrected chi connectivity index (χ1v) is 12.0. The summed E-state index contributed by atoms with van der Waals surface area (Å²) in [6.07, 6.45) is 0.114. The average molecular weight is 491 g/mol. The molecule has 1 aromatic heterocycles. The molecule has 0 aliphatic heterocycles. The van der Waals surface area contributed by atoms with Crippen molar-refractivity contribution < 1.29 is 18.4 Å². The maximum Gasteiger partial charge on any atom is 0.247 e. The smallest absolute Gasteiger partial charge is 0.247 e. The molecule has 0 aliphatic rings. The zero-order chi connectivity index (χ0) is 24.6. The maximum absolute atomic E-state index is 13.7. The Bertz CT molecular complexity index is 1240. The molecule has 1 heterocycles. The summed E-state index contributed by atoms with van der Waals surface area (Å²) in [5.41, 5.74) is 2.07. The van der Waals surface area contributed by atoms with Crippen molar-refractivity contribution in [3.63, 3.8) is 0 Å². The van der Waals surface area contributed by atoms with E-state index in [1.54, 1.807) is 12.1 Å². The predicted molar refractivity (Wildman–Crippen MR) is 132 cm³/mol. The average Bonchev–Trinajstić information content (AvgIpc) is 3.38. The Kier molecular flexibility index (Phi) is 8.00. The summed E-state index contributed by atoms with van der Waals surface area (Å²) in [4.78, 5) is 29.4. The van der Waals surface area contributed by atoms with Crippen LogP contribution in [-0.2, 0) is 29.1 Å². The summed E-state index contributed by atoms with van der Waals surface area (Å²) < 4.78 is 27.2. The highest BCUT2D eigenvalue weighted by molar-refractivity contribution is 7.10. The van der Waals surface area contributed by atoms with Crippen LogP contribution in [-0.4, -0.2) is 16.7 Å². The molecule has 35 heavy (non-hydrogen) atoms. The molecule has 0 radical (unpaired) electrons. The van der Waals surface area contributed by atoms with E-state index in [4.69, 9.17) is 0 Å². The van der Waals surface area contributed by atoms with Crippen LogP contribution in [0.15, 0.2) is 96.4 Å². The fourth-order valence-electron chi connectivity index (χ4n) is 3.77. The second-order valence-corrected chi connectivity index (χ2v) is 9.09. The molecule has 0 saturated carbocycles. The van der Waals surface area contributed by atoms with Gasteiger partial charge in [-0.3, -0.25) is 9.59 Å². The monoisotopic (exact) mass is 490 g/mol. The van der Waals surface area contributed by atoms with E-state index in [9.17, 15) is 18.4 Å². The second-order valence-electron chi connectivity index (χ2n) is 8.06. The first kappa shape index (κ1) is 24.3. The van der Waals surface area contributed by atoms with E-state index < -0.39 is 11.9 Å². The molecule has 178 valence electrons. The third-order valence-corrected chi connectivity index (χ3v) is 6.42. The summed E-state index contributed by atoms with van der Waals surface area (Å²) >= 11 is 1.46. The number of nitrogens with one attached hydrogen (secondary N) is 1. The molecule has 0 unspecified atom stereocenters. The van der Waals surface area contributed by atoms with Crippen LogP contribution in [0.3, 0.4) is 0 Å². The van der Waals surface area contributed by atoms with E-state index in [-0.39, 0.29) is 37.1 Å². The Balaban J connectivity index is 1.68. The van der Waals surface area contributed by atoms with Gasteiger partial charge in [0.15, 0.2) is 0 Å². The number of benzene rings is 3. The molecule has 0 bridgehead atoms. The van der Waals surface area contributed by atoms with Gasteiger partial charge < -0.3 is 10.2 Å². The minimum atomic E-state index is -1.00. The molecule has 0 saturated heterocycles. The Morgan fingerprint density at radius 2 is 1.46 bits per heavy atom. The van der Waals surface area contributed by atoms with Gasteiger partial charge in [0.1, 0.15) is 17.7 Å². The fraction of sp³-hybridized carbons (Fsp3) is 0.143. The lowest BCUT2D eigenvalue weighted by Crippen LogP contribution is -2.43. The van der Waals surface area contributed by atoms with Crippen molar-refractivity contribution in [2.24, 2.45) is 0 Å². The van der Waals surface area contributed by atoms with Crippen molar-refractivity contribution in [2.45, 2.75) is 25.6 Å². The number of nitrogens with zero attached hydrogens (tertiary/aromatic N) is 1. The largest absolute Gasteiger partial charge is 0.350 e. The van der Waals surface area contributed by atoms with Crippen molar-refractivity contribution >= 4 is 23.2 Å². The van der Waals surface area contributed by atoms with Gasteiger partial charge in [0.25, 0.3) is 0 Å². The van der Waals surface area contributed by atoms with Crippen molar-refractivity contribution in [2.75, 3.05) is 0 Å². The van der Waals surface area contributed by atoms with Crippen LogP contribution in [0.1, 0.15) is 27.6 Å². The summed E-state index contributed by atoms with van der Waals surface area (Å²) in [6.45, 7) is 0.367. The molecule has 7 heteroatoms. The van der Waals surface area contributed by atoms with E-state index in [1.807, 2.05) is 47.8 Å². The van der Waals surface area contributed by atoms with Gasteiger partial charge in [0, 0.05) is 18.0 Å². The number of carbonyl (C=O) groups excluding carboxylic acids is 2. The first-order valence-electron chi connectivity index (χ1n) is 11.1. The lowest BCUT2D eigenvalue weighted by atomic mass is 10.0. The van der Waals surface area contributed by atoms with Gasteiger partial charge >= 0.3 is 0 Å². The van der Waals surface area contributed by atoms with E-state index in [2.05, 4.69) is 5.32 Å². The van der Waals surface area contributed by atoms with Gasteiger partial charge in [-0.05, 0) is 52.4 Å². The number of hydrogen-bond acceptors (Lipinski definition) is 3. The van der Waals surface area contributed by atoms with E-state index in [1.165, 1.54) is 52.6 Å². The quantitative estimate of drug-likeness (QED) is 0.329. The zero-order valence-corrected chi connectivity index (χ0v) is 19.7. The van der Waals surface area contributed by atoms with Gasteiger partial charge in [-0.1, -0.05) is 60.7 Å². The molecule has 4 rings (SSSR count). The van der Waals surface area contributed by atoms with Crippen molar-refractivity contribution in [3.05, 3.63) is 130 Å². The minimum Gasteiger partial charge on any atom is -0.350 e. The molecule has 0 spiro atoms. The molecule has 0 fully saturated rings. The van der Waals surface area contributed by atoms with Crippen LogP contribution in [0.25, 0.3) is 0 Å². The molecule has 1 N–H and O–H groups in total. The highest BCUT2D eigenvalue weighted by Gasteiger charge is 2.31. The molecule has 0 aliphatic carbocycles. The second kappa shape index (κ2) is 11.5. The van der Waals surface area contributed by atoms with Crippen LogP contribution >= 0.6 is 11.3 Å². The van der Waals surface area contributed by atoms with E-state index in [0.29, 0.717) is 11.1 Å². The molecule has 2 amide bonds. The number of halogens is 2. The van der Waals surface area contributed by atoms with Crippen LogP contribution in [0.4, 0.5) is 8.78 Å². The Morgan fingerprint density at radius 1 is 0.800 bits per heavy atom. The normalized spacial score (nSPS) is 11.6. The van der Waals surface area contributed by atoms with Crippen molar-refractivity contribution in [3.8, 4) is 0 Å². The summed E-state index contributed by atoms with van der Waals surface area (Å²) in [5.74, 6) is -1.48. The van der Waals surface area contributed by atoms with Crippen LogP contribution < -0.4 is 5.32 Å². The third-order valence-electron chi connectivity index (χ3n) is 5.55. The topological polar surface area (TPSA) is 49.4 Å². The van der Waals surface area contributed by atoms with Gasteiger partial charge in [-0.2, -0.15) is 0 Å². The number of carbonyl (C=O) groups is 2. The molecule has 4 aromatic rings. The Hall–Kier alpha value is -3.84. The predicted octanol–water partition coefficient (Wildman–Crippen LogP) is 5.66. The zero-order valence-electron chi connectivity index (χ0n) is 18.9. The lowest BCUT2D eigenvalue weighted by molar-refractivity contribution is -0.141. The fourth-order valence-corrected chi connectivity index (χ4v) is 4.47. The summed E-state index contributed by atoms with van der Waals surface area (Å²) in [5, 5.41) is 4.80. The first-order chi connectivity index (χ1) is 17.0. The molecular weight excluding hydrogens is 466 g/mol. The van der Waals surface area contributed by atoms with Crippen molar-refractivity contribution in [1.29, 1.82) is 0 Å². The van der Waals surface area contributed by atoms with Gasteiger partial charge in [0.2, 0.25) is 11.8 Å². The third kappa shape index (κ3) is 6.61. The number of amides is 2. The SMILES string of the molecule is O=C(NCc1ccccc1)[C@@H](c1ccc(F)cc1)N(Cc1ccc(F)cc1)C(=O)Cc1cccs1. The van der Waals surface area contributed by atoms with Gasteiger partial charge in [-0.25, -0.2) is 8.78 Å². The van der Waals surface area contributed by atoms with Crippen LogP contribution in [0.2, 0.25) is 0 Å². The molecule has 4 nitrogen and oxygen atoms in total. The number of thiophene rings is 1. The van der Waals surface area contributed by atoms with Gasteiger partial charge in [0.05, 0.1) is 6.42 Å². The van der Waals surface area contributed by atoms with Gasteiger partial charge in [-0.15, -0.1) is 11.3 Å². The highest BCUT2D eigenvalue weighted by atomic mass is 32.1. The Labute approximate surface area is 206 Å². The van der Waals surface area contributed by atoms with Crippen molar-refractivity contribution in [1.82, 2.24) is 10.2 Å². The van der Waals surface area contributed by atoms with E-state index >= 15 is 0 Å². The minimum absolute atomic E-state index is 0.0886. The Morgan fingerprint density at radius 3 is 2.09 bits per heavy atom. The van der Waals surface area contributed by atoms with E-state index in [0.717, 1.165) is 10.4 Å². The highest BCUT2D eigenvalue weighted by Crippen LogP contribution is 2.26. The molecular formula is C28H24F2N2O2S. The standard InChI is InChI=1S/C28H24F2N2O2S/c29-23-12-8-21(9-13-23)19-32(26(33)17-25-7-4-16-35-25)27(22-10-14-24(30)15-11-22)28(34)31-18-20-5-2-1-3-6-20/h1-16,27H,17-19H2,(H,31,34)/t27-/m1/s1. The summed E-state index contributed by atoms with van der Waals surface area (Å²) in [6, 6.07) is 23.5. The van der Waals surface area contributed by atoms with Crippen LogP contribution in [0, 0.1) is 11.6 Å². The number of hydrogen-bond donors (Lipinski definition) is 1. The number of rotatable bonds is 9. The summed E-state index contributed by atoms with van der Waals surface area (Å²) in [7, 11) is 0. The molecule has 1 atom stereocenters. The molecule has 3 aromatic carbocycles. The maximum atomic E-state index is 13.7. The van der Waals surface area contributed by atoms with Crippen LogP contribution in [0.5, 0.6) is 0 Å².